The van der Waals surface area contributed by atoms with Gasteiger partial charge in [0.2, 0.25) is 5.91 Å². The Labute approximate surface area is 152 Å². The smallest absolute Gasteiger partial charge is 0.416 e. The number of phenolic OH excluding ortho intramolecular Hbond substituents is 1. The molecule has 138 valence electrons. The third-order valence-electron chi connectivity index (χ3n) is 3.95. The fourth-order valence-electron chi connectivity index (χ4n) is 2.67. The van der Waals surface area contributed by atoms with Gasteiger partial charge in [-0.05, 0) is 28.5 Å². The highest BCUT2D eigenvalue weighted by Crippen LogP contribution is 2.29. The van der Waals surface area contributed by atoms with Crippen LogP contribution in [0.1, 0.15) is 16.7 Å². The predicted octanol–water partition coefficient (Wildman–Crippen LogP) is 4.26. The molecule has 0 bridgehead atoms. The summed E-state index contributed by atoms with van der Waals surface area (Å²) in [7, 11) is 0. The van der Waals surface area contributed by atoms with Gasteiger partial charge in [-0.25, -0.2) is 5.43 Å². The van der Waals surface area contributed by atoms with E-state index in [-0.39, 0.29) is 17.7 Å². The summed E-state index contributed by atoms with van der Waals surface area (Å²) in [5.41, 5.74) is 2.12. The fourth-order valence-corrected chi connectivity index (χ4v) is 2.67. The summed E-state index contributed by atoms with van der Waals surface area (Å²) >= 11 is 0. The van der Waals surface area contributed by atoms with Gasteiger partial charge in [-0.15, -0.1) is 0 Å². The van der Waals surface area contributed by atoms with E-state index in [2.05, 4.69) is 10.5 Å². The number of carbonyl (C=O) groups is 1. The molecule has 0 radical (unpaired) electrons. The molecule has 0 saturated carbocycles. The van der Waals surface area contributed by atoms with Crippen LogP contribution in [0.15, 0.2) is 65.8 Å². The van der Waals surface area contributed by atoms with Gasteiger partial charge in [0.05, 0.1) is 18.2 Å². The fraction of sp³-hybridized carbons (Fsp3) is 0.100. The molecule has 1 amide bonds. The van der Waals surface area contributed by atoms with Crippen LogP contribution in [0.5, 0.6) is 5.75 Å². The van der Waals surface area contributed by atoms with E-state index in [1.807, 2.05) is 18.2 Å². The van der Waals surface area contributed by atoms with E-state index in [1.54, 1.807) is 12.1 Å². The molecule has 0 atom stereocenters. The minimum Gasteiger partial charge on any atom is -0.507 e. The molecule has 0 saturated heterocycles. The summed E-state index contributed by atoms with van der Waals surface area (Å²) in [5, 5.41) is 15.5. The Balaban J connectivity index is 1.71. The molecule has 0 spiro atoms. The zero-order valence-electron chi connectivity index (χ0n) is 14.0. The second-order valence-corrected chi connectivity index (χ2v) is 5.89. The van der Waals surface area contributed by atoms with Gasteiger partial charge in [-0.2, -0.15) is 18.3 Å². The van der Waals surface area contributed by atoms with Gasteiger partial charge in [0.15, 0.2) is 0 Å². The highest BCUT2D eigenvalue weighted by molar-refractivity contribution is 6.02. The van der Waals surface area contributed by atoms with Crippen LogP contribution in [0.4, 0.5) is 13.2 Å². The number of carbonyl (C=O) groups excluding carboxylic acids is 1. The van der Waals surface area contributed by atoms with Crippen LogP contribution in [-0.4, -0.2) is 17.2 Å². The Morgan fingerprint density at radius 1 is 1.07 bits per heavy atom. The van der Waals surface area contributed by atoms with Gasteiger partial charge in [0.25, 0.3) is 0 Å². The summed E-state index contributed by atoms with van der Waals surface area (Å²) in [6, 6.07) is 15.2. The van der Waals surface area contributed by atoms with E-state index >= 15 is 0 Å². The molecule has 0 aliphatic heterocycles. The minimum atomic E-state index is -4.46. The monoisotopic (exact) mass is 372 g/mol. The van der Waals surface area contributed by atoms with Crippen molar-refractivity contribution in [3.8, 4) is 5.75 Å². The van der Waals surface area contributed by atoms with E-state index in [0.29, 0.717) is 5.56 Å². The average molecular weight is 372 g/mol. The maximum absolute atomic E-state index is 12.7. The first-order valence-electron chi connectivity index (χ1n) is 8.03. The number of nitrogens with one attached hydrogen (secondary N) is 1. The van der Waals surface area contributed by atoms with Gasteiger partial charge >= 0.3 is 6.18 Å². The van der Waals surface area contributed by atoms with Gasteiger partial charge in [0.1, 0.15) is 5.75 Å². The summed E-state index contributed by atoms with van der Waals surface area (Å²) < 4.78 is 38.1. The van der Waals surface area contributed by atoms with Crippen LogP contribution in [-0.2, 0) is 17.4 Å². The topological polar surface area (TPSA) is 61.7 Å². The number of amides is 1. The first-order chi connectivity index (χ1) is 12.8. The van der Waals surface area contributed by atoms with Crippen molar-refractivity contribution in [3.63, 3.8) is 0 Å². The summed E-state index contributed by atoms with van der Waals surface area (Å²) in [4.78, 5) is 11.9. The SMILES string of the molecule is O=C(Cc1cccc(C(F)(F)F)c1)N/N=C/c1c(O)ccc2ccccc12. The number of nitrogens with zero attached hydrogens (tertiary/aromatic N) is 1. The maximum Gasteiger partial charge on any atom is 0.416 e. The molecule has 0 aliphatic carbocycles. The first kappa shape index (κ1) is 18.4. The third kappa shape index (κ3) is 4.44. The molecule has 7 heteroatoms. The predicted molar refractivity (Wildman–Crippen MR) is 96.5 cm³/mol. The quantitative estimate of drug-likeness (QED) is 0.531. The Hall–Kier alpha value is -3.35. The second kappa shape index (κ2) is 7.49. The molecular formula is C20H15F3N2O2. The van der Waals surface area contributed by atoms with Crippen LogP contribution in [0.25, 0.3) is 10.8 Å². The zero-order valence-corrected chi connectivity index (χ0v) is 14.0. The number of alkyl halides is 3. The van der Waals surface area contributed by atoms with Crippen molar-refractivity contribution < 1.29 is 23.1 Å². The van der Waals surface area contributed by atoms with Gasteiger partial charge in [-0.3, -0.25) is 4.79 Å². The first-order valence-corrected chi connectivity index (χ1v) is 8.03. The van der Waals surface area contributed by atoms with Crippen LogP contribution in [0, 0.1) is 0 Å². The number of halogens is 3. The van der Waals surface area contributed by atoms with Crippen molar-refractivity contribution in [1.82, 2.24) is 5.43 Å². The lowest BCUT2D eigenvalue weighted by Gasteiger charge is -2.08. The molecule has 0 unspecified atom stereocenters. The lowest BCUT2D eigenvalue weighted by atomic mass is 10.0. The molecule has 4 nitrogen and oxygen atoms in total. The molecule has 0 aliphatic rings. The number of hydrazone groups is 1. The molecule has 3 aromatic rings. The van der Waals surface area contributed by atoms with Crippen molar-refractivity contribution in [2.75, 3.05) is 0 Å². The molecule has 3 aromatic carbocycles. The van der Waals surface area contributed by atoms with Gasteiger partial charge in [0, 0.05) is 5.56 Å². The van der Waals surface area contributed by atoms with E-state index in [9.17, 15) is 23.1 Å². The number of phenols is 1. The molecule has 27 heavy (non-hydrogen) atoms. The highest BCUT2D eigenvalue weighted by Gasteiger charge is 2.30. The standard InChI is InChI=1S/C20H15F3N2O2/c21-20(22,23)15-6-3-4-13(10-15)11-19(27)25-24-12-17-16-7-2-1-5-14(16)8-9-18(17)26/h1-10,12,26H,11H2,(H,25,27)/b24-12+. The number of rotatable bonds is 4. The molecule has 0 fully saturated rings. The number of benzene rings is 3. The third-order valence-corrected chi connectivity index (χ3v) is 3.95. The Morgan fingerprint density at radius 3 is 2.63 bits per heavy atom. The molecule has 0 aromatic heterocycles. The van der Waals surface area contributed by atoms with Crippen molar-refractivity contribution in [2.45, 2.75) is 12.6 Å². The number of fused-ring (bicyclic) bond motifs is 1. The van der Waals surface area contributed by atoms with Gasteiger partial charge < -0.3 is 5.11 Å². The van der Waals surface area contributed by atoms with Crippen LogP contribution < -0.4 is 5.43 Å². The van der Waals surface area contributed by atoms with E-state index in [0.717, 1.165) is 22.9 Å². The van der Waals surface area contributed by atoms with Crippen molar-refractivity contribution in [2.24, 2.45) is 5.10 Å². The van der Waals surface area contributed by atoms with Crippen LogP contribution in [0.2, 0.25) is 0 Å². The van der Waals surface area contributed by atoms with Crippen LogP contribution in [0.3, 0.4) is 0 Å². The maximum atomic E-state index is 12.7. The van der Waals surface area contributed by atoms with Crippen molar-refractivity contribution in [3.05, 3.63) is 77.4 Å². The van der Waals surface area contributed by atoms with Crippen molar-refractivity contribution >= 4 is 22.9 Å². The summed E-state index contributed by atoms with van der Waals surface area (Å²) in [5.74, 6) is -0.560. The van der Waals surface area contributed by atoms with Crippen molar-refractivity contribution in [1.29, 1.82) is 0 Å². The van der Waals surface area contributed by atoms with E-state index < -0.39 is 17.6 Å². The minimum absolute atomic E-state index is 0.00424. The molecular weight excluding hydrogens is 357 g/mol. The summed E-state index contributed by atoms with van der Waals surface area (Å²) in [6.07, 6.45) is -3.40. The average Bonchev–Trinajstić information content (AvgIpc) is 2.63. The Morgan fingerprint density at radius 2 is 1.85 bits per heavy atom. The largest absolute Gasteiger partial charge is 0.507 e. The molecule has 2 N–H and O–H groups in total. The second-order valence-electron chi connectivity index (χ2n) is 5.89. The Bertz CT molecular complexity index is 1010. The van der Waals surface area contributed by atoms with Gasteiger partial charge in [-0.1, -0.05) is 48.5 Å². The number of aromatic hydroxyl groups is 1. The zero-order chi connectivity index (χ0) is 19.4. The normalized spacial score (nSPS) is 11.8. The molecule has 0 heterocycles. The number of hydrogen-bond donors (Lipinski definition) is 2. The lowest BCUT2D eigenvalue weighted by molar-refractivity contribution is -0.137. The van der Waals surface area contributed by atoms with E-state index in [4.69, 9.17) is 0 Å². The highest BCUT2D eigenvalue weighted by atomic mass is 19.4. The number of hydrogen-bond acceptors (Lipinski definition) is 3. The lowest BCUT2D eigenvalue weighted by Crippen LogP contribution is -2.20. The Kier molecular flexibility index (Phi) is 5.12. The summed E-state index contributed by atoms with van der Waals surface area (Å²) in [6.45, 7) is 0. The van der Waals surface area contributed by atoms with E-state index in [1.165, 1.54) is 24.4 Å². The molecule has 3 rings (SSSR count). The van der Waals surface area contributed by atoms with Crippen LogP contribution >= 0.6 is 0 Å².